The Morgan fingerprint density at radius 3 is 1.62 bits per heavy atom. The number of benzene rings is 2. The monoisotopic (exact) mass is 887 g/mol. The van der Waals surface area contributed by atoms with Crippen LogP contribution in [0.5, 0.6) is 11.5 Å². The lowest BCUT2D eigenvalue weighted by Crippen LogP contribution is -2.65. The van der Waals surface area contributed by atoms with Gasteiger partial charge in [0.2, 0.25) is 11.6 Å². The number of ketones is 4. The zero-order valence-electron chi connectivity index (χ0n) is 35.2. The van der Waals surface area contributed by atoms with E-state index in [9.17, 15) is 69.6 Å². The number of Topliss-reactive ketones (excluding diaryl/α,β-unsaturated/α-hetero) is 4. The summed E-state index contributed by atoms with van der Waals surface area (Å²) in [5.74, 6) is -2.05. The highest BCUT2D eigenvalue weighted by atomic mass is 16.4. The molecule has 0 aliphatic heterocycles. The van der Waals surface area contributed by atoms with Crippen molar-refractivity contribution in [2.45, 2.75) is 75.0 Å². The number of nitrogens with zero attached hydrogens (tertiary/aromatic N) is 1. The van der Waals surface area contributed by atoms with Gasteiger partial charge in [-0.25, -0.2) is 0 Å². The molecule has 0 heterocycles. The lowest BCUT2D eigenvalue weighted by atomic mass is 9.57. The van der Waals surface area contributed by atoms with Crippen LogP contribution >= 0.6 is 0 Å². The number of primary amides is 2. The van der Waals surface area contributed by atoms with Crippen LogP contribution in [0.3, 0.4) is 0 Å². The quantitative estimate of drug-likeness (QED) is 0.112. The Bertz CT molecular complexity index is 2860. The van der Waals surface area contributed by atoms with Crippen molar-refractivity contribution in [2.24, 2.45) is 35.1 Å². The second-order valence-corrected chi connectivity index (χ2v) is 17.7. The Balaban J connectivity index is 0.978. The molecule has 6 aliphatic carbocycles. The van der Waals surface area contributed by atoms with Gasteiger partial charge in [-0.3, -0.25) is 33.7 Å². The summed E-state index contributed by atoms with van der Waals surface area (Å²) >= 11 is 0. The number of unbranched alkanes of at least 4 members (excludes halogenated alkanes) is 3. The van der Waals surface area contributed by atoms with Crippen LogP contribution in [-0.2, 0) is 41.6 Å². The summed E-state index contributed by atoms with van der Waals surface area (Å²) in [7, 11) is 3.05. The van der Waals surface area contributed by atoms with E-state index in [-0.39, 0.29) is 59.5 Å². The summed E-state index contributed by atoms with van der Waals surface area (Å²) < 4.78 is 0. The molecule has 6 aliphatic rings. The second kappa shape index (κ2) is 15.8. The van der Waals surface area contributed by atoms with Gasteiger partial charge < -0.3 is 52.3 Å². The van der Waals surface area contributed by atoms with E-state index in [1.165, 1.54) is 31.1 Å². The lowest BCUT2D eigenvalue weighted by Gasteiger charge is -2.50. The van der Waals surface area contributed by atoms with Crippen molar-refractivity contribution in [3.8, 4) is 35.2 Å². The van der Waals surface area contributed by atoms with E-state index in [0.717, 1.165) is 0 Å². The van der Waals surface area contributed by atoms with Crippen LogP contribution < -0.4 is 11.5 Å². The van der Waals surface area contributed by atoms with Crippen LogP contribution in [0.1, 0.15) is 78.3 Å². The Labute approximate surface area is 371 Å². The molecule has 336 valence electrons. The van der Waals surface area contributed by atoms with E-state index in [2.05, 4.69) is 23.7 Å². The number of fused-ring (bicyclic) bond motifs is 6. The van der Waals surface area contributed by atoms with Crippen LogP contribution in [0.4, 0.5) is 0 Å². The fraction of sp³-hybridized carbons (Fsp3) is 0.375. The maximum atomic E-state index is 14.1. The van der Waals surface area contributed by atoms with Gasteiger partial charge in [-0.05, 0) is 99.8 Å². The van der Waals surface area contributed by atoms with Crippen molar-refractivity contribution in [1.82, 2.24) is 4.90 Å². The minimum absolute atomic E-state index is 0.00761. The summed E-state index contributed by atoms with van der Waals surface area (Å²) in [6.07, 6.45) is 1.81. The van der Waals surface area contributed by atoms with Gasteiger partial charge in [-0.1, -0.05) is 23.7 Å². The number of aliphatic hydroxyl groups excluding tert-OH is 4. The Kier molecular flexibility index (Phi) is 10.8. The largest absolute Gasteiger partial charge is 0.508 e. The zero-order valence-corrected chi connectivity index (χ0v) is 35.2. The van der Waals surface area contributed by atoms with Crippen molar-refractivity contribution >= 4 is 46.5 Å². The molecule has 2 fully saturated rings. The van der Waals surface area contributed by atoms with Crippen molar-refractivity contribution in [3.05, 3.63) is 91.5 Å². The number of phenolic OH excluding ortho intramolecular Hbond substituents is 2. The van der Waals surface area contributed by atoms with E-state index in [4.69, 9.17) is 11.5 Å². The Morgan fingerprint density at radius 1 is 0.677 bits per heavy atom. The van der Waals surface area contributed by atoms with Gasteiger partial charge >= 0.3 is 0 Å². The number of phenols is 2. The average Bonchev–Trinajstić information content (AvgIpc) is 3.22. The molecule has 2 saturated carbocycles. The number of nitrogens with two attached hydrogens (primary N) is 2. The van der Waals surface area contributed by atoms with Gasteiger partial charge in [-0.15, -0.1) is 0 Å². The molecule has 0 radical (unpaired) electrons. The number of carbonyl (C=O) groups is 6. The van der Waals surface area contributed by atoms with Gasteiger partial charge in [-0.2, -0.15) is 0 Å². The molecule has 2 aromatic carbocycles. The third-order valence-corrected chi connectivity index (χ3v) is 13.9. The van der Waals surface area contributed by atoms with Crippen LogP contribution in [0.2, 0.25) is 0 Å². The van der Waals surface area contributed by atoms with Crippen molar-refractivity contribution < 1.29 is 69.6 Å². The van der Waals surface area contributed by atoms with Gasteiger partial charge in [0.15, 0.2) is 22.8 Å². The molecule has 2 aromatic rings. The van der Waals surface area contributed by atoms with E-state index in [0.29, 0.717) is 47.9 Å². The molecule has 17 heteroatoms. The van der Waals surface area contributed by atoms with Gasteiger partial charge in [0.25, 0.3) is 11.8 Å². The van der Waals surface area contributed by atoms with E-state index < -0.39 is 116 Å². The molecule has 0 spiro atoms. The van der Waals surface area contributed by atoms with Crippen LogP contribution in [0.25, 0.3) is 11.5 Å². The lowest BCUT2D eigenvalue weighted by molar-refractivity contribution is -0.154. The number of amides is 2. The second-order valence-electron chi connectivity index (χ2n) is 17.7. The first kappa shape index (κ1) is 44.4. The first-order valence-electron chi connectivity index (χ1n) is 21.0. The summed E-state index contributed by atoms with van der Waals surface area (Å²) in [5.41, 5.74) is 4.74. The minimum atomic E-state index is -2.74. The Hall–Kier alpha value is -7.18. The fourth-order valence-electron chi connectivity index (χ4n) is 10.8. The molecule has 8 rings (SSSR count). The molecule has 0 unspecified atom stereocenters. The maximum Gasteiger partial charge on any atom is 0.255 e. The first-order chi connectivity index (χ1) is 30.7. The van der Waals surface area contributed by atoms with E-state index >= 15 is 0 Å². The molecule has 0 bridgehead atoms. The topological polar surface area (TPSA) is 320 Å². The van der Waals surface area contributed by atoms with Crippen LogP contribution in [0, 0.1) is 47.4 Å². The van der Waals surface area contributed by atoms with E-state index in [1.807, 2.05) is 0 Å². The van der Waals surface area contributed by atoms with Gasteiger partial charge in [0, 0.05) is 53.4 Å². The molecule has 12 N–H and O–H groups in total. The molecule has 65 heavy (non-hydrogen) atoms. The number of hydrogen-bond donors (Lipinski definition) is 10. The highest BCUT2D eigenvalue weighted by molar-refractivity contribution is 6.25. The van der Waals surface area contributed by atoms with Crippen LogP contribution in [0.15, 0.2) is 58.1 Å². The third-order valence-electron chi connectivity index (χ3n) is 13.9. The molecular formula is C48H45N3O14. The minimum Gasteiger partial charge on any atom is -0.508 e. The molecular weight excluding hydrogens is 843 g/mol. The van der Waals surface area contributed by atoms with Crippen LogP contribution in [-0.4, -0.2) is 112 Å². The molecule has 0 aromatic heterocycles. The first-order valence-corrected chi connectivity index (χ1v) is 21.0. The molecule has 7 atom stereocenters. The summed E-state index contributed by atoms with van der Waals surface area (Å²) in [6, 6.07) is 4.58. The number of aliphatic hydroxyl groups is 6. The summed E-state index contributed by atoms with van der Waals surface area (Å²) in [4.78, 5) is 79.5. The fourth-order valence-corrected chi connectivity index (χ4v) is 10.8. The van der Waals surface area contributed by atoms with Gasteiger partial charge in [0.05, 0.1) is 17.2 Å². The molecule has 17 nitrogen and oxygen atoms in total. The average molecular weight is 888 g/mol. The standard InChI is InChI=1S/C48H45N3O14/c1-51(2)37-27-18-23-17-26-21(12-14-29(53)34(26)39(56)32(23)42(59)48(27,65)44(61)36(40(37)57)46(50)63)10-8-6-4-3-5-7-9-20-11-13-28(52)33-25(20)16-22-15-24-19-30(54)35(45(49)62)43(60)47(24,64)41(58)31(22)38(33)55/h11-14,22-24,27,37,52-53,55-56,60-61,64-65H,3-6,15-19H2,1-2H3,(H2,49,62)(H2,50,63)/t22-,23+,24+,27+,37+,47+,48+/m1/s1. The summed E-state index contributed by atoms with van der Waals surface area (Å²) in [5, 5.41) is 89.7. The molecule has 2 amide bonds. The highest BCUT2D eigenvalue weighted by Crippen LogP contribution is 2.54. The van der Waals surface area contributed by atoms with Crippen molar-refractivity contribution in [2.75, 3.05) is 14.1 Å². The third kappa shape index (κ3) is 6.52. The number of likely N-dealkylation sites (N-methyl/N-ethyl adjacent to an activating group) is 1. The number of hydrogen-bond acceptors (Lipinski definition) is 15. The predicted molar refractivity (Wildman–Crippen MR) is 228 cm³/mol. The number of aromatic hydroxyl groups is 2. The molecule has 0 saturated heterocycles. The zero-order chi connectivity index (χ0) is 47.2. The summed E-state index contributed by atoms with van der Waals surface area (Å²) in [6.45, 7) is 0. The van der Waals surface area contributed by atoms with E-state index in [1.54, 1.807) is 12.1 Å². The SMILES string of the molecule is CN(C)[C@@H]1C(=O)C(C(N)=O)=C(O)[C@@]2(O)C(=O)C3=C(O)c4c(O)ccc(C#CCCCCC#Cc5ccc(O)c6c5C[C@H]5C[C@H]7CC(=O)C(C(N)=O)=C(O)[C@@]7(O)C(=O)C5=C6O)c4C[C@H]3C[C@@H]12. The number of carbonyl (C=O) groups excluding carboxylic acids is 6. The smallest absolute Gasteiger partial charge is 0.255 e. The highest BCUT2D eigenvalue weighted by Gasteiger charge is 2.64. The predicted octanol–water partition coefficient (Wildman–Crippen LogP) is 1.66. The van der Waals surface area contributed by atoms with Crippen molar-refractivity contribution in [1.29, 1.82) is 0 Å². The Morgan fingerprint density at radius 2 is 1.14 bits per heavy atom. The number of rotatable bonds is 6. The maximum absolute atomic E-state index is 14.1. The van der Waals surface area contributed by atoms with Crippen molar-refractivity contribution in [3.63, 3.8) is 0 Å². The normalized spacial score (nSPS) is 28.0. The van der Waals surface area contributed by atoms with Gasteiger partial charge in [0.1, 0.15) is 45.7 Å².